The quantitative estimate of drug-likeness (QED) is 0.756. The van der Waals surface area contributed by atoms with Crippen LogP contribution in [0.5, 0.6) is 0 Å². The van der Waals surface area contributed by atoms with Gasteiger partial charge in [0.05, 0.1) is 12.6 Å². The van der Waals surface area contributed by atoms with Gasteiger partial charge < -0.3 is 4.90 Å². The first-order valence-corrected chi connectivity index (χ1v) is 6.34. The Bertz CT molecular complexity index is 419. The maximum atomic E-state index is 13.4. The van der Waals surface area contributed by atoms with Crippen molar-refractivity contribution in [2.45, 2.75) is 6.42 Å². The van der Waals surface area contributed by atoms with Crippen molar-refractivity contribution in [3.8, 4) is 6.07 Å². The molecule has 1 saturated heterocycles. The molecule has 0 unspecified atom stereocenters. The zero-order valence-corrected chi connectivity index (χ0v) is 10.5. The molecule has 0 bridgehead atoms. The van der Waals surface area contributed by atoms with E-state index in [0.717, 1.165) is 44.7 Å². The molecule has 1 aromatic carbocycles. The SMILES string of the molecule is N#CCN1CCN(CCc2ccccc2F)CC1. The first kappa shape index (κ1) is 13.0. The smallest absolute Gasteiger partial charge is 0.126 e. The van der Waals surface area contributed by atoms with Crippen molar-refractivity contribution in [1.29, 1.82) is 5.26 Å². The zero-order chi connectivity index (χ0) is 12.8. The molecule has 96 valence electrons. The Labute approximate surface area is 107 Å². The summed E-state index contributed by atoms with van der Waals surface area (Å²) < 4.78 is 13.4. The molecule has 1 aliphatic rings. The van der Waals surface area contributed by atoms with Gasteiger partial charge in [-0.15, -0.1) is 0 Å². The van der Waals surface area contributed by atoms with Crippen LogP contribution in [0.3, 0.4) is 0 Å². The lowest BCUT2D eigenvalue weighted by Crippen LogP contribution is -2.46. The average molecular weight is 247 g/mol. The standard InChI is InChI=1S/C14H18FN3/c15-14-4-2-1-3-13(14)5-7-17-9-11-18(8-6-16)12-10-17/h1-4H,5,7-12H2. The third-order valence-corrected chi connectivity index (χ3v) is 3.41. The topological polar surface area (TPSA) is 30.3 Å². The van der Waals surface area contributed by atoms with Crippen LogP contribution in [0.1, 0.15) is 5.56 Å². The second-order valence-electron chi connectivity index (χ2n) is 4.62. The summed E-state index contributed by atoms with van der Waals surface area (Å²) in [4.78, 5) is 4.49. The molecule has 0 N–H and O–H groups in total. The average Bonchev–Trinajstić information content (AvgIpc) is 2.40. The lowest BCUT2D eigenvalue weighted by molar-refractivity contribution is 0.145. The van der Waals surface area contributed by atoms with Crippen LogP contribution in [0.15, 0.2) is 24.3 Å². The Kier molecular flexibility index (Phi) is 4.68. The fourth-order valence-corrected chi connectivity index (χ4v) is 2.25. The van der Waals surface area contributed by atoms with Gasteiger partial charge in [-0.1, -0.05) is 18.2 Å². The van der Waals surface area contributed by atoms with E-state index in [1.165, 1.54) is 6.07 Å². The summed E-state index contributed by atoms with van der Waals surface area (Å²) in [5.74, 6) is -0.111. The number of halogens is 1. The van der Waals surface area contributed by atoms with Gasteiger partial charge >= 0.3 is 0 Å². The maximum absolute atomic E-state index is 13.4. The summed E-state index contributed by atoms with van der Waals surface area (Å²) in [6, 6.07) is 9.14. The fourth-order valence-electron chi connectivity index (χ4n) is 2.25. The summed E-state index contributed by atoms with van der Waals surface area (Å²) >= 11 is 0. The molecule has 0 saturated carbocycles. The largest absolute Gasteiger partial charge is 0.300 e. The van der Waals surface area contributed by atoms with E-state index in [9.17, 15) is 4.39 Å². The van der Waals surface area contributed by atoms with Crippen molar-refractivity contribution >= 4 is 0 Å². The van der Waals surface area contributed by atoms with Crippen LogP contribution >= 0.6 is 0 Å². The summed E-state index contributed by atoms with van der Waals surface area (Å²) in [6.45, 7) is 5.21. The van der Waals surface area contributed by atoms with Gasteiger partial charge in [-0.25, -0.2) is 4.39 Å². The molecule has 1 aliphatic heterocycles. The van der Waals surface area contributed by atoms with Gasteiger partial charge in [0.15, 0.2) is 0 Å². The van der Waals surface area contributed by atoms with E-state index in [-0.39, 0.29) is 5.82 Å². The molecule has 0 spiro atoms. The van der Waals surface area contributed by atoms with Crippen LogP contribution in [0.2, 0.25) is 0 Å². The summed E-state index contributed by atoms with van der Waals surface area (Å²) in [5.41, 5.74) is 0.789. The molecule has 0 atom stereocenters. The molecule has 0 radical (unpaired) electrons. The molecule has 1 aromatic rings. The van der Waals surface area contributed by atoms with Crippen LogP contribution < -0.4 is 0 Å². The van der Waals surface area contributed by atoms with Gasteiger partial charge in [0.2, 0.25) is 0 Å². The van der Waals surface area contributed by atoms with E-state index < -0.39 is 0 Å². The molecular weight excluding hydrogens is 229 g/mol. The highest BCUT2D eigenvalue weighted by Gasteiger charge is 2.16. The number of nitriles is 1. The highest BCUT2D eigenvalue weighted by atomic mass is 19.1. The van der Waals surface area contributed by atoms with E-state index in [4.69, 9.17) is 5.26 Å². The predicted molar refractivity (Wildman–Crippen MR) is 68.6 cm³/mol. The minimum Gasteiger partial charge on any atom is -0.300 e. The lowest BCUT2D eigenvalue weighted by atomic mass is 10.1. The van der Waals surface area contributed by atoms with Gasteiger partial charge in [0.1, 0.15) is 5.82 Å². The van der Waals surface area contributed by atoms with Crippen molar-refractivity contribution in [3.63, 3.8) is 0 Å². The molecule has 1 heterocycles. The van der Waals surface area contributed by atoms with E-state index in [1.54, 1.807) is 6.07 Å². The summed E-state index contributed by atoms with van der Waals surface area (Å²) in [5, 5.41) is 8.62. The maximum Gasteiger partial charge on any atom is 0.126 e. The molecular formula is C14H18FN3. The predicted octanol–water partition coefficient (Wildman–Crippen LogP) is 1.51. The molecule has 3 nitrogen and oxygen atoms in total. The molecule has 0 aromatic heterocycles. The lowest BCUT2D eigenvalue weighted by Gasteiger charge is -2.33. The number of benzene rings is 1. The third-order valence-electron chi connectivity index (χ3n) is 3.41. The Balaban J connectivity index is 1.76. The normalized spacial score (nSPS) is 17.6. The van der Waals surface area contributed by atoms with E-state index in [1.807, 2.05) is 12.1 Å². The van der Waals surface area contributed by atoms with Crippen molar-refractivity contribution in [1.82, 2.24) is 9.80 Å². The van der Waals surface area contributed by atoms with E-state index in [2.05, 4.69) is 15.9 Å². The Morgan fingerprint density at radius 2 is 1.78 bits per heavy atom. The second-order valence-corrected chi connectivity index (χ2v) is 4.62. The third kappa shape index (κ3) is 3.52. The molecule has 2 rings (SSSR count). The van der Waals surface area contributed by atoms with E-state index >= 15 is 0 Å². The zero-order valence-electron chi connectivity index (χ0n) is 10.5. The van der Waals surface area contributed by atoms with Crippen molar-refractivity contribution < 1.29 is 4.39 Å². The monoisotopic (exact) mass is 247 g/mol. The highest BCUT2D eigenvalue weighted by molar-refractivity contribution is 5.17. The van der Waals surface area contributed by atoms with Crippen molar-refractivity contribution in [2.24, 2.45) is 0 Å². The molecule has 18 heavy (non-hydrogen) atoms. The fraction of sp³-hybridized carbons (Fsp3) is 0.500. The number of hydrogen-bond donors (Lipinski definition) is 0. The summed E-state index contributed by atoms with van der Waals surface area (Å²) in [7, 11) is 0. The van der Waals surface area contributed by atoms with E-state index in [0.29, 0.717) is 6.54 Å². The van der Waals surface area contributed by atoms with Crippen molar-refractivity contribution in [3.05, 3.63) is 35.6 Å². The van der Waals surface area contributed by atoms with Gasteiger partial charge in [-0.2, -0.15) is 5.26 Å². The van der Waals surface area contributed by atoms with Crippen LogP contribution in [0.4, 0.5) is 4.39 Å². The first-order chi connectivity index (χ1) is 8.79. The van der Waals surface area contributed by atoms with Gasteiger partial charge in [0, 0.05) is 32.7 Å². The number of nitrogens with zero attached hydrogens (tertiary/aromatic N) is 3. The van der Waals surface area contributed by atoms with Gasteiger partial charge in [0.25, 0.3) is 0 Å². The van der Waals surface area contributed by atoms with Crippen LogP contribution in [-0.2, 0) is 6.42 Å². The van der Waals surface area contributed by atoms with Crippen molar-refractivity contribution in [2.75, 3.05) is 39.3 Å². The Hall–Kier alpha value is -1.44. The van der Waals surface area contributed by atoms with Crippen LogP contribution in [0, 0.1) is 17.1 Å². The first-order valence-electron chi connectivity index (χ1n) is 6.34. The minimum absolute atomic E-state index is 0.111. The molecule has 1 fully saturated rings. The van der Waals surface area contributed by atoms with Crippen LogP contribution in [0.25, 0.3) is 0 Å². The van der Waals surface area contributed by atoms with Gasteiger partial charge in [-0.05, 0) is 18.1 Å². The van der Waals surface area contributed by atoms with Gasteiger partial charge in [-0.3, -0.25) is 4.90 Å². The Morgan fingerprint density at radius 1 is 1.11 bits per heavy atom. The summed E-state index contributed by atoms with van der Waals surface area (Å²) in [6.07, 6.45) is 0.755. The minimum atomic E-state index is -0.111. The molecule has 0 amide bonds. The highest BCUT2D eigenvalue weighted by Crippen LogP contribution is 2.09. The second kappa shape index (κ2) is 6.48. The Morgan fingerprint density at radius 3 is 2.44 bits per heavy atom. The molecule has 0 aliphatic carbocycles. The molecule has 4 heteroatoms. The van der Waals surface area contributed by atoms with Crippen LogP contribution in [-0.4, -0.2) is 49.1 Å². The number of piperazine rings is 1. The number of rotatable bonds is 4. The number of hydrogen-bond acceptors (Lipinski definition) is 3.